The van der Waals surface area contributed by atoms with Crippen molar-refractivity contribution in [3.05, 3.63) is 52.3 Å². The van der Waals surface area contributed by atoms with Crippen molar-refractivity contribution < 1.29 is 9.13 Å². The van der Waals surface area contributed by atoms with Gasteiger partial charge >= 0.3 is 0 Å². The number of methoxy groups -OCH3 is 1. The standard InChI is InChI=1S/C13H9Cl2FO/c1-17-10-6-8(5-9(16)7-10)13-11(14)3-2-4-12(13)15/h2-7H,1H3. The van der Waals surface area contributed by atoms with Gasteiger partial charge in [-0.25, -0.2) is 4.39 Å². The Kier molecular flexibility index (Phi) is 3.55. The lowest BCUT2D eigenvalue weighted by Gasteiger charge is -2.09. The summed E-state index contributed by atoms with van der Waals surface area (Å²) in [6.45, 7) is 0. The quantitative estimate of drug-likeness (QED) is 0.761. The van der Waals surface area contributed by atoms with Gasteiger partial charge in [-0.3, -0.25) is 0 Å². The maximum absolute atomic E-state index is 13.4. The van der Waals surface area contributed by atoms with E-state index in [9.17, 15) is 4.39 Å². The normalized spacial score (nSPS) is 10.4. The third-order valence-corrected chi connectivity index (χ3v) is 2.99. The minimum atomic E-state index is -0.393. The fourth-order valence-electron chi connectivity index (χ4n) is 1.60. The molecular formula is C13H9Cl2FO. The molecule has 0 amide bonds. The minimum absolute atomic E-state index is 0.393. The molecule has 0 aliphatic carbocycles. The van der Waals surface area contributed by atoms with Gasteiger partial charge in [0.2, 0.25) is 0 Å². The van der Waals surface area contributed by atoms with E-state index in [1.165, 1.54) is 19.2 Å². The van der Waals surface area contributed by atoms with E-state index in [1.54, 1.807) is 24.3 Å². The van der Waals surface area contributed by atoms with Crippen LogP contribution in [-0.4, -0.2) is 7.11 Å². The summed E-state index contributed by atoms with van der Waals surface area (Å²) >= 11 is 12.1. The molecule has 4 heteroatoms. The number of hydrogen-bond donors (Lipinski definition) is 0. The number of rotatable bonds is 2. The van der Waals surface area contributed by atoms with E-state index in [0.717, 1.165) is 0 Å². The molecule has 0 aliphatic rings. The van der Waals surface area contributed by atoms with E-state index >= 15 is 0 Å². The summed E-state index contributed by atoms with van der Waals surface area (Å²) in [7, 11) is 1.48. The molecule has 1 nitrogen and oxygen atoms in total. The monoisotopic (exact) mass is 270 g/mol. The molecule has 88 valence electrons. The molecule has 17 heavy (non-hydrogen) atoms. The van der Waals surface area contributed by atoms with Gasteiger partial charge in [0, 0.05) is 21.7 Å². The Labute approximate surface area is 109 Å². The highest BCUT2D eigenvalue weighted by Gasteiger charge is 2.10. The van der Waals surface area contributed by atoms with Crippen molar-refractivity contribution in [1.82, 2.24) is 0 Å². The van der Waals surface area contributed by atoms with Crippen molar-refractivity contribution in [3.63, 3.8) is 0 Å². The highest BCUT2D eigenvalue weighted by atomic mass is 35.5. The first kappa shape index (κ1) is 12.2. The molecule has 0 saturated carbocycles. The third kappa shape index (κ3) is 2.54. The molecule has 2 aromatic rings. The first-order valence-corrected chi connectivity index (χ1v) is 5.66. The Balaban J connectivity index is 2.64. The lowest BCUT2D eigenvalue weighted by molar-refractivity contribution is 0.411. The number of ether oxygens (including phenoxy) is 1. The van der Waals surface area contributed by atoms with Gasteiger partial charge in [0.1, 0.15) is 11.6 Å². The second kappa shape index (κ2) is 4.94. The van der Waals surface area contributed by atoms with Crippen LogP contribution in [0.15, 0.2) is 36.4 Å². The molecule has 0 bridgehead atoms. The maximum Gasteiger partial charge on any atom is 0.127 e. The van der Waals surface area contributed by atoms with Crippen LogP contribution in [0.4, 0.5) is 4.39 Å². The number of benzene rings is 2. The zero-order valence-corrected chi connectivity index (χ0v) is 10.5. The summed E-state index contributed by atoms with van der Waals surface area (Å²) in [4.78, 5) is 0. The van der Waals surface area contributed by atoms with Crippen LogP contribution >= 0.6 is 23.2 Å². The summed E-state index contributed by atoms with van der Waals surface area (Å²) in [6, 6.07) is 9.52. The average molecular weight is 271 g/mol. The first-order valence-electron chi connectivity index (χ1n) is 4.91. The Bertz CT molecular complexity index is 535. The van der Waals surface area contributed by atoms with Crippen LogP contribution in [0.1, 0.15) is 0 Å². The zero-order chi connectivity index (χ0) is 12.4. The molecule has 0 N–H and O–H groups in total. The summed E-state index contributed by atoms with van der Waals surface area (Å²) in [5.74, 6) is 0.0336. The second-order valence-corrected chi connectivity index (χ2v) is 4.29. The van der Waals surface area contributed by atoms with E-state index in [-0.39, 0.29) is 0 Å². The van der Waals surface area contributed by atoms with Crippen LogP contribution in [0, 0.1) is 5.82 Å². The number of halogens is 3. The Morgan fingerprint density at radius 3 is 2.29 bits per heavy atom. The first-order chi connectivity index (χ1) is 8.11. The van der Waals surface area contributed by atoms with Gasteiger partial charge in [-0.15, -0.1) is 0 Å². The van der Waals surface area contributed by atoms with Crippen molar-refractivity contribution in [3.8, 4) is 16.9 Å². The van der Waals surface area contributed by atoms with Crippen LogP contribution < -0.4 is 4.74 Å². The summed E-state index contributed by atoms with van der Waals surface area (Å²) < 4.78 is 18.4. The van der Waals surface area contributed by atoms with Crippen LogP contribution in [0.3, 0.4) is 0 Å². The Morgan fingerprint density at radius 1 is 1.06 bits per heavy atom. The van der Waals surface area contributed by atoms with Crippen molar-refractivity contribution in [2.45, 2.75) is 0 Å². The number of hydrogen-bond acceptors (Lipinski definition) is 1. The summed E-state index contributed by atoms with van der Waals surface area (Å²) in [5.41, 5.74) is 1.20. The molecule has 0 aromatic heterocycles. The van der Waals surface area contributed by atoms with E-state index in [0.29, 0.717) is 26.9 Å². The van der Waals surface area contributed by atoms with E-state index < -0.39 is 5.82 Å². The average Bonchev–Trinajstić information content (AvgIpc) is 2.28. The molecule has 0 heterocycles. The van der Waals surface area contributed by atoms with Crippen molar-refractivity contribution in [1.29, 1.82) is 0 Å². The van der Waals surface area contributed by atoms with Crippen molar-refractivity contribution in [2.24, 2.45) is 0 Å². The Morgan fingerprint density at radius 2 is 1.71 bits per heavy atom. The minimum Gasteiger partial charge on any atom is -0.497 e. The van der Waals surface area contributed by atoms with Crippen LogP contribution in [0.2, 0.25) is 10.0 Å². The highest BCUT2D eigenvalue weighted by Crippen LogP contribution is 2.36. The Hall–Kier alpha value is -1.25. The predicted molar refractivity (Wildman–Crippen MR) is 68.4 cm³/mol. The van der Waals surface area contributed by atoms with E-state index in [2.05, 4.69) is 0 Å². The molecule has 0 unspecified atom stereocenters. The molecule has 0 saturated heterocycles. The molecule has 0 radical (unpaired) electrons. The van der Waals surface area contributed by atoms with Gasteiger partial charge in [0.15, 0.2) is 0 Å². The van der Waals surface area contributed by atoms with E-state index in [1.807, 2.05) is 0 Å². The van der Waals surface area contributed by atoms with Gasteiger partial charge < -0.3 is 4.74 Å². The SMILES string of the molecule is COc1cc(F)cc(-c2c(Cl)cccc2Cl)c1. The summed E-state index contributed by atoms with van der Waals surface area (Å²) in [5, 5.41) is 0.954. The van der Waals surface area contributed by atoms with Crippen molar-refractivity contribution in [2.75, 3.05) is 7.11 Å². The largest absolute Gasteiger partial charge is 0.497 e. The molecule has 0 aliphatic heterocycles. The van der Waals surface area contributed by atoms with E-state index in [4.69, 9.17) is 27.9 Å². The highest BCUT2D eigenvalue weighted by molar-refractivity contribution is 6.39. The van der Waals surface area contributed by atoms with Crippen molar-refractivity contribution >= 4 is 23.2 Å². The van der Waals surface area contributed by atoms with Crippen LogP contribution in [0.25, 0.3) is 11.1 Å². The van der Waals surface area contributed by atoms with Gasteiger partial charge in [-0.1, -0.05) is 29.3 Å². The lowest BCUT2D eigenvalue weighted by atomic mass is 10.1. The molecule has 0 spiro atoms. The predicted octanol–water partition coefficient (Wildman–Crippen LogP) is 4.81. The molecule has 0 fully saturated rings. The molecule has 0 atom stereocenters. The third-order valence-electron chi connectivity index (χ3n) is 2.36. The van der Waals surface area contributed by atoms with Crippen LogP contribution in [0.5, 0.6) is 5.75 Å². The smallest absolute Gasteiger partial charge is 0.127 e. The second-order valence-electron chi connectivity index (χ2n) is 3.48. The lowest BCUT2D eigenvalue weighted by Crippen LogP contribution is -1.88. The van der Waals surface area contributed by atoms with Gasteiger partial charge in [-0.2, -0.15) is 0 Å². The maximum atomic E-state index is 13.4. The fourth-order valence-corrected chi connectivity index (χ4v) is 2.21. The fraction of sp³-hybridized carbons (Fsp3) is 0.0769. The summed E-state index contributed by atoms with van der Waals surface area (Å²) in [6.07, 6.45) is 0. The molecular weight excluding hydrogens is 262 g/mol. The molecule has 2 rings (SSSR count). The van der Waals surface area contributed by atoms with Gasteiger partial charge in [0.05, 0.1) is 7.11 Å². The molecule has 2 aromatic carbocycles. The topological polar surface area (TPSA) is 9.23 Å². The van der Waals surface area contributed by atoms with Gasteiger partial charge in [0.25, 0.3) is 0 Å². The zero-order valence-electron chi connectivity index (χ0n) is 9.01. The van der Waals surface area contributed by atoms with Gasteiger partial charge in [-0.05, 0) is 29.8 Å². The van der Waals surface area contributed by atoms with Crippen LogP contribution in [-0.2, 0) is 0 Å².